The number of hydrogen-bond donors (Lipinski definition) is 0. The first-order valence-corrected chi connectivity index (χ1v) is 10.9. The zero-order valence-corrected chi connectivity index (χ0v) is 18.0. The van der Waals surface area contributed by atoms with E-state index in [-0.39, 0.29) is 29.6 Å². The van der Waals surface area contributed by atoms with E-state index in [9.17, 15) is 13.6 Å². The number of hydrogen-bond acceptors (Lipinski definition) is 3. The summed E-state index contributed by atoms with van der Waals surface area (Å²) in [5.41, 5.74) is 5.85. The first-order chi connectivity index (χ1) is 15.4. The quantitative estimate of drug-likeness (QED) is 0.452. The predicted molar refractivity (Wildman–Crippen MR) is 116 cm³/mol. The Kier molecular flexibility index (Phi) is 5.20. The number of fused-ring (bicyclic) bond motifs is 3. The fraction of sp³-hybridized carbons (Fsp3) is 0.296. The molecule has 1 aliphatic heterocycles. The maximum atomic E-state index is 13.6. The van der Waals surface area contributed by atoms with Gasteiger partial charge in [-0.15, -0.1) is 0 Å². The summed E-state index contributed by atoms with van der Waals surface area (Å²) in [7, 11) is 0. The molecule has 1 heterocycles. The van der Waals surface area contributed by atoms with Crippen LogP contribution in [0.2, 0.25) is 0 Å². The molecule has 32 heavy (non-hydrogen) atoms. The number of rotatable bonds is 4. The lowest BCUT2D eigenvalue weighted by Crippen LogP contribution is -2.20. The lowest BCUT2D eigenvalue weighted by atomic mass is 9.77. The molecule has 0 amide bonds. The molecule has 3 aromatic carbocycles. The molecule has 3 aromatic rings. The van der Waals surface area contributed by atoms with Crippen molar-refractivity contribution in [1.82, 2.24) is 0 Å². The number of benzene rings is 3. The van der Waals surface area contributed by atoms with Gasteiger partial charge in [-0.05, 0) is 84.8 Å². The summed E-state index contributed by atoms with van der Waals surface area (Å²) in [6, 6.07) is 14.3. The summed E-state index contributed by atoms with van der Waals surface area (Å²) in [5.74, 6) is 0.0755. The fourth-order valence-corrected chi connectivity index (χ4v) is 5.02. The van der Waals surface area contributed by atoms with Crippen LogP contribution < -0.4 is 4.74 Å². The van der Waals surface area contributed by atoms with Crippen LogP contribution in [0.1, 0.15) is 58.4 Å². The van der Waals surface area contributed by atoms with Crippen molar-refractivity contribution in [2.75, 3.05) is 0 Å². The van der Waals surface area contributed by atoms with Gasteiger partial charge >= 0.3 is 5.97 Å². The minimum Gasteiger partial charge on any atom is -0.481 e. The minimum absolute atomic E-state index is 0.147. The van der Waals surface area contributed by atoms with Crippen molar-refractivity contribution in [2.45, 2.75) is 45.3 Å². The van der Waals surface area contributed by atoms with E-state index in [2.05, 4.69) is 0 Å². The van der Waals surface area contributed by atoms with Crippen LogP contribution in [0.25, 0.3) is 0 Å². The molecule has 1 saturated heterocycles. The van der Waals surface area contributed by atoms with Gasteiger partial charge in [0, 0.05) is 11.5 Å². The SMILES string of the molecule is Cc1cc(OC(c2ccc(F)cc2)c2ccc(F)cc2)c(C)c2c1CC[C@H]1CC(=O)O[C@@H]21. The number of carbonyl (C=O) groups excluding carboxylic acids is 1. The Labute approximate surface area is 186 Å². The molecule has 0 saturated carbocycles. The standard InChI is InChI=1S/C27H24F2O3/c1-15-13-23(16(2)25-22(15)12-7-19-14-24(30)32-27(19)25)31-26(17-3-8-20(28)9-4-17)18-5-10-21(29)11-6-18/h3-6,8-11,13,19,26-27H,7,12,14H2,1-2H3/t19-,27+/m0/s1. The summed E-state index contributed by atoms with van der Waals surface area (Å²) in [4.78, 5) is 12.0. The summed E-state index contributed by atoms with van der Waals surface area (Å²) < 4.78 is 39.4. The molecule has 0 radical (unpaired) electrons. The van der Waals surface area contributed by atoms with Gasteiger partial charge in [-0.2, -0.15) is 0 Å². The summed E-state index contributed by atoms with van der Waals surface area (Å²) in [6.45, 7) is 4.04. The van der Waals surface area contributed by atoms with E-state index in [1.54, 1.807) is 24.3 Å². The molecule has 0 N–H and O–H groups in total. The lowest BCUT2D eigenvalue weighted by Gasteiger charge is -2.31. The number of esters is 1. The number of ether oxygens (including phenoxy) is 2. The van der Waals surface area contributed by atoms with Crippen LogP contribution >= 0.6 is 0 Å². The largest absolute Gasteiger partial charge is 0.481 e. The average molecular weight is 434 g/mol. The zero-order chi connectivity index (χ0) is 22.4. The van der Waals surface area contributed by atoms with Gasteiger partial charge in [0.1, 0.15) is 29.6 Å². The Balaban J connectivity index is 1.58. The molecule has 0 aromatic heterocycles. The highest BCUT2D eigenvalue weighted by Gasteiger charge is 2.41. The third kappa shape index (κ3) is 3.66. The molecule has 0 bridgehead atoms. The van der Waals surface area contributed by atoms with Crippen LogP contribution in [0.3, 0.4) is 0 Å². The molecule has 5 rings (SSSR count). The van der Waals surface area contributed by atoms with Gasteiger partial charge in [-0.25, -0.2) is 8.78 Å². The lowest BCUT2D eigenvalue weighted by molar-refractivity contribution is -0.141. The van der Waals surface area contributed by atoms with Gasteiger partial charge in [0.15, 0.2) is 0 Å². The zero-order valence-electron chi connectivity index (χ0n) is 18.0. The molecule has 5 heteroatoms. The van der Waals surface area contributed by atoms with E-state index in [1.807, 2.05) is 19.9 Å². The normalized spacial score (nSPS) is 19.5. The molecule has 2 aliphatic rings. The molecule has 0 unspecified atom stereocenters. The fourth-order valence-electron chi connectivity index (χ4n) is 5.02. The first kappa shape index (κ1) is 20.7. The van der Waals surface area contributed by atoms with E-state index in [1.165, 1.54) is 29.8 Å². The number of halogens is 2. The van der Waals surface area contributed by atoms with Crippen molar-refractivity contribution >= 4 is 5.97 Å². The van der Waals surface area contributed by atoms with Crippen molar-refractivity contribution < 1.29 is 23.0 Å². The Morgan fingerprint density at radius 2 is 1.56 bits per heavy atom. The van der Waals surface area contributed by atoms with Crippen molar-refractivity contribution in [3.63, 3.8) is 0 Å². The van der Waals surface area contributed by atoms with Crippen LogP contribution in [0.5, 0.6) is 5.75 Å². The molecule has 164 valence electrons. The Morgan fingerprint density at radius 1 is 0.969 bits per heavy atom. The molecule has 0 spiro atoms. The average Bonchev–Trinajstić information content (AvgIpc) is 3.16. The number of aryl methyl sites for hydroxylation is 1. The second-order valence-corrected chi connectivity index (χ2v) is 8.72. The second kappa shape index (κ2) is 8.05. The highest BCUT2D eigenvalue weighted by atomic mass is 19.1. The van der Waals surface area contributed by atoms with E-state index in [4.69, 9.17) is 9.47 Å². The van der Waals surface area contributed by atoms with Crippen molar-refractivity contribution in [3.05, 3.63) is 99.6 Å². The Morgan fingerprint density at radius 3 is 2.16 bits per heavy atom. The van der Waals surface area contributed by atoms with Crippen LogP contribution in [0.15, 0.2) is 54.6 Å². The molecule has 1 fully saturated rings. The van der Waals surface area contributed by atoms with E-state index in [0.717, 1.165) is 40.7 Å². The third-order valence-corrected chi connectivity index (χ3v) is 6.68. The predicted octanol–water partition coefficient (Wildman–Crippen LogP) is 6.30. The van der Waals surface area contributed by atoms with Crippen LogP contribution in [-0.4, -0.2) is 5.97 Å². The maximum Gasteiger partial charge on any atom is 0.306 e. The highest BCUT2D eigenvalue weighted by Crippen LogP contribution is 2.48. The monoisotopic (exact) mass is 434 g/mol. The minimum atomic E-state index is -0.544. The second-order valence-electron chi connectivity index (χ2n) is 8.72. The Hall–Kier alpha value is -3.21. The van der Waals surface area contributed by atoms with Crippen LogP contribution in [0, 0.1) is 31.4 Å². The van der Waals surface area contributed by atoms with Gasteiger partial charge in [0.25, 0.3) is 0 Å². The van der Waals surface area contributed by atoms with Gasteiger partial charge in [0.05, 0.1) is 6.42 Å². The number of carbonyl (C=O) groups is 1. The first-order valence-electron chi connectivity index (χ1n) is 10.9. The summed E-state index contributed by atoms with van der Waals surface area (Å²) >= 11 is 0. The maximum absolute atomic E-state index is 13.6. The molecule has 2 atom stereocenters. The van der Waals surface area contributed by atoms with Crippen LogP contribution in [-0.2, 0) is 16.0 Å². The van der Waals surface area contributed by atoms with Gasteiger partial charge < -0.3 is 9.47 Å². The van der Waals surface area contributed by atoms with E-state index >= 15 is 0 Å². The Bertz CT molecular complexity index is 1120. The van der Waals surface area contributed by atoms with Gasteiger partial charge in [-0.3, -0.25) is 4.79 Å². The van der Waals surface area contributed by atoms with Crippen molar-refractivity contribution in [1.29, 1.82) is 0 Å². The molecular weight excluding hydrogens is 410 g/mol. The summed E-state index contributed by atoms with van der Waals surface area (Å²) in [6.07, 6.45) is 1.54. The highest BCUT2D eigenvalue weighted by molar-refractivity contribution is 5.73. The summed E-state index contributed by atoms with van der Waals surface area (Å²) in [5, 5.41) is 0. The van der Waals surface area contributed by atoms with Crippen LogP contribution in [0.4, 0.5) is 8.78 Å². The topological polar surface area (TPSA) is 35.5 Å². The molecule has 1 aliphatic carbocycles. The van der Waals surface area contributed by atoms with E-state index < -0.39 is 6.10 Å². The smallest absolute Gasteiger partial charge is 0.306 e. The van der Waals surface area contributed by atoms with Gasteiger partial charge in [0.2, 0.25) is 0 Å². The van der Waals surface area contributed by atoms with Crippen molar-refractivity contribution in [3.8, 4) is 5.75 Å². The molecular formula is C27H24F2O3. The van der Waals surface area contributed by atoms with Crippen molar-refractivity contribution in [2.24, 2.45) is 5.92 Å². The van der Waals surface area contributed by atoms with E-state index in [0.29, 0.717) is 12.2 Å². The molecule has 3 nitrogen and oxygen atoms in total. The van der Waals surface area contributed by atoms with Gasteiger partial charge in [-0.1, -0.05) is 24.3 Å². The third-order valence-electron chi connectivity index (χ3n) is 6.68.